The van der Waals surface area contributed by atoms with Gasteiger partial charge in [-0.05, 0) is 49.8 Å². The summed E-state index contributed by atoms with van der Waals surface area (Å²) >= 11 is 0. The Balaban J connectivity index is 1.58. The van der Waals surface area contributed by atoms with Gasteiger partial charge in [-0.3, -0.25) is 9.69 Å². The average Bonchev–Trinajstić information content (AvgIpc) is 3.04. The second-order valence-electron chi connectivity index (χ2n) is 10.0. The summed E-state index contributed by atoms with van der Waals surface area (Å²) in [6, 6.07) is 10.3. The van der Waals surface area contributed by atoms with Gasteiger partial charge in [-0.25, -0.2) is 0 Å². The molecule has 1 saturated carbocycles. The van der Waals surface area contributed by atoms with E-state index in [4.69, 9.17) is 4.74 Å². The largest absolute Gasteiger partial charge is 0.359 e. The number of hydrogen-bond acceptors (Lipinski definition) is 3. The smallest absolute Gasteiger partial charge is 0.164 e. The first-order valence-corrected chi connectivity index (χ1v) is 10.6. The van der Waals surface area contributed by atoms with Gasteiger partial charge in [0.2, 0.25) is 0 Å². The van der Waals surface area contributed by atoms with E-state index in [9.17, 15) is 4.79 Å². The third-order valence-corrected chi connectivity index (χ3v) is 8.17. The predicted octanol–water partition coefficient (Wildman–Crippen LogP) is 4.54. The molecule has 2 aliphatic heterocycles. The zero-order valence-corrected chi connectivity index (χ0v) is 16.9. The van der Waals surface area contributed by atoms with E-state index in [-0.39, 0.29) is 28.9 Å². The molecule has 1 aromatic carbocycles. The monoisotopic (exact) mass is 365 g/mol. The maximum Gasteiger partial charge on any atom is 0.164 e. The molecule has 1 aromatic rings. The number of carbonyl (C=O) groups excluding carboxylic acids is 1. The van der Waals surface area contributed by atoms with Gasteiger partial charge in [0, 0.05) is 23.4 Å². The molecule has 2 aliphatic carbocycles. The Morgan fingerprint density at radius 1 is 1.11 bits per heavy atom. The van der Waals surface area contributed by atoms with Crippen molar-refractivity contribution in [3.63, 3.8) is 0 Å². The Morgan fingerprint density at radius 2 is 1.85 bits per heavy atom. The van der Waals surface area contributed by atoms with E-state index in [1.165, 1.54) is 18.4 Å². The lowest BCUT2D eigenvalue weighted by molar-refractivity contribution is -0.243. The van der Waals surface area contributed by atoms with Crippen molar-refractivity contribution in [1.82, 2.24) is 4.90 Å². The van der Waals surface area contributed by atoms with Gasteiger partial charge in [-0.2, -0.15) is 0 Å². The zero-order chi connectivity index (χ0) is 19.0. The minimum Gasteiger partial charge on any atom is -0.359 e. The minimum atomic E-state index is -0.263. The fourth-order valence-electron chi connectivity index (χ4n) is 6.54. The van der Waals surface area contributed by atoms with Gasteiger partial charge in [-0.15, -0.1) is 0 Å². The Bertz CT molecular complexity index is 798. The van der Waals surface area contributed by atoms with Crippen LogP contribution < -0.4 is 0 Å². The Morgan fingerprint density at radius 3 is 2.59 bits per heavy atom. The first-order valence-electron chi connectivity index (χ1n) is 10.6. The van der Waals surface area contributed by atoms with Crippen LogP contribution in [0.3, 0.4) is 0 Å². The van der Waals surface area contributed by atoms with Crippen LogP contribution in [0.5, 0.6) is 0 Å². The number of fused-ring (bicyclic) bond motifs is 4. The van der Waals surface area contributed by atoms with E-state index >= 15 is 0 Å². The lowest BCUT2D eigenvalue weighted by Gasteiger charge is -2.57. The molecule has 3 nitrogen and oxygen atoms in total. The van der Waals surface area contributed by atoms with Gasteiger partial charge in [0.25, 0.3) is 0 Å². The first-order chi connectivity index (χ1) is 12.8. The standard InChI is InChI=1S/C24H31NO2/c1-15-10-11-18-20(12-15)27-22-24(4)17(14-25(22)23(18,2)3)13-19(26)21(24)16-8-6-5-7-9-16/h5-9,13,15,18,20-22H,10-12,14H2,1-4H3/t15-,18-,20-,21+,22+,24+/m1/s1. The van der Waals surface area contributed by atoms with E-state index in [0.29, 0.717) is 12.0 Å². The average molecular weight is 366 g/mol. The van der Waals surface area contributed by atoms with E-state index in [0.717, 1.165) is 24.4 Å². The molecule has 27 heavy (non-hydrogen) atoms. The van der Waals surface area contributed by atoms with Crippen molar-refractivity contribution in [1.29, 1.82) is 0 Å². The maximum absolute atomic E-state index is 13.0. The highest BCUT2D eigenvalue weighted by Gasteiger charge is 2.65. The summed E-state index contributed by atoms with van der Waals surface area (Å²) in [7, 11) is 0. The lowest BCUT2D eigenvalue weighted by Crippen LogP contribution is -2.65. The molecule has 2 saturated heterocycles. The van der Waals surface area contributed by atoms with E-state index < -0.39 is 0 Å². The quantitative estimate of drug-likeness (QED) is 0.732. The fourth-order valence-corrected chi connectivity index (χ4v) is 6.54. The van der Waals surface area contributed by atoms with Crippen LogP contribution in [0, 0.1) is 17.3 Å². The third kappa shape index (κ3) is 2.31. The molecule has 0 radical (unpaired) electrons. The molecule has 0 N–H and O–H groups in total. The van der Waals surface area contributed by atoms with Gasteiger partial charge in [0.1, 0.15) is 6.23 Å². The van der Waals surface area contributed by atoms with Crippen molar-refractivity contribution in [2.75, 3.05) is 6.54 Å². The molecule has 6 atom stereocenters. The van der Waals surface area contributed by atoms with Crippen molar-refractivity contribution >= 4 is 5.78 Å². The summed E-state index contributed by atoms with van der Waals surface area (Å²) in [6.07, 6.45) is 5.94. The van der Waals surface area contributed by atoms with Gasteiger partial charge >= 0.3 is 0 Å². The van der Waals surface area contributed by atoms with Crippen molar-refractivity contribution < 1.29 is 9.53 Å². The number of ketones is 1. The van der Waals surface area contributed by atoms with Crippen LogP contribution in [0.2, 0.25) is 0 Å². The molecule has 2 heterocycles. The van der Waals surface area contributed by atoms with Crippen LogP contribution in [-0.2, 0) is 9.53 Å². The van der Waals surface area contributed by atoms with Gasteiger partial charge in [-0.1, -0.05) is 50.6 Å². The number of allylic oxidation sites excluding steroid dienone is 1. The van der Waals surface area contributed by atoms with Crippen molar-refractivity contribution in [3.8, 4) is 0 Å². The van der Waals surface area contributed by atoms with Crippen molar-refractivity contribution in [2.45, 2.75) is 70.7 Å². The van der Waals surface area contributed by atoms with Crippen molar-refractivity contribution in [2.24, 2.45) is 17.3 Å². The molecule has 0 spiro atoms. The Kier molecular flexibility index (Phi) is 3.77. The molecule has 144 valence electrons. The summed E-state index contributed by atoms with van der Waals surface area (Å²) in [5.41, 5.74) is 2.23. The Labute approximate surface area is 162 Å². The highest BCUT2D eigenvalue weighted by molar-refractivity contribution is 6.00. The summed E-state index contributed by atoms with van der Waals surface area (Å²) in [5.74, 6) is 1.43. The third-order valence-electron chi connectivity index (χ3n) is 8.17. The number of benzene rings is 1. The second-order valence-corrected chi connectivity index (χ2v) is 10.0. The van der Waals surface area contributed by atoms with Gasteiger partial charge in [0.05, 0.1) is 12.0 Å². The molecule has 0 bridgehead atoms. The highest BCUT2D eigenvalue weighted by atomic mass is 16.5. The number of hydrogen-bond donors (Lipinski definition) is 0. The highest BCUT2D eigenvalue weighted by Crippen LogP contribution is 2.60. The van der Waals surface area contributed by atoms with Gasteiger partial charge < -0.3 is 4.74 Å². The number of rotatable bonds is 1. The number of ether oxygens (including phenoxy) is 1. The first kappa shape index (κ1) is 17.6. The predicted molar refractivity (Wildman–Crippen MR) is 106 cm³/mol. The van der Waals surface area contributed by atoms with E-state index in [2.05, 4.69) is 44.7 Å². The molecule has 3 fully saturated rings. The van der Waals surface area contributed by atoms with E-state index in [1.807, 2.05) is 24.3 Å². The zero-order valence-electron chi connectivity index (χ0n) is 16.9. The summed E-state index contributed by atoms with van der Waals surface area (Å²) in [6.45, 7) is 10.3. The second kappa shape index (κ2) is 5.78. The Hall–Kier alpha value is -1.45. The molecular weight excluding hydrogens is 334 g/mol. The summed E-state index contributed by atoms with van der Waals surface area (Å²) in [4.78, 5) is 15.6. The van der Waals surface area contributed by atoms with Crippen LogP contribution >= 0.6 is 0 Å². The van der Waals surface area contributed by atoms with E-state index in [1.54, 1.807) is 0 Å². The molecule has 0 amide bonds. The topological polar surface area (TPSA) is 29.5 Å². The minimum absolute atomic E-state index is 0.0121. The molecule has 5 rings (SSSR count). The van der Waals surface area contributed by atoms with Crippen LogP contribution in [0.15, 0.2) is 42.0 Å². The van der Waals surface area contributed by atoms with Crippen LogP contribution in [0.4, 0.5) is 0 Å². The van der Waals surface area contributed by atoms with Crippen LogP contribution in [-0.4, -0.2) is 35.1 Å². The van der Waals surface area contributed by atoms with Crippen LogP contribution in [0.1, 0.15) is 58.4 Å². The molecule has 0 unspecified atom stereocenters. The SMILES string of the molecule is C[C@@H]1CC[C@@H]2[C@@H](C1)O[C@@H]1N(CC3=CC(=O)[C@H](c4ccccc4)[C@]31C)C2(C)C. The van der Waals surface area contributed by atoms with Gasteiger partial charge in [0.15, 0.2) is 5.78 Å². The molecular formula is C24H31NO2. The number of carbonyl (C=O) groups is 1. The fraction of sp³-hybridized carbons (Fsp3) is 0.625. The molecule has 4 aliphatic rings. The molecule has 3 heteroatoms. The van der Waals surface area contributed by atoms with Crippen LogP contribution in [0.25, 0.3) is 0 Å². The lowest BCUT2D eigenvalue weighted by atomic mass is 9.68. The summed E-state index contributed by atoms with van der Waals surface area (Å²) < 4.78 is 6.87. The molecule has 0 aromatic heterocycles. The number of nitrogens with zero attached hydrogens (tertiary/aromatic N) is 1. The summed E-state index contributed by atoms with van der Waals surface area (Å²) in [5, 5.41) is 0. The maximum atomic E-state index is 13.0. The normalized spacial score (nSPS) is 43.0. The van der Waals surface area contributed by atoms with Crippen molar-refractivity contribution in [3.05, 3.63) is 47.5 Å².